The Kier molecular flexibility index (Phi) is 7.64. The van der Waals surface area contributed by atoms with Gasteiger partial charge in [-0.2, -0.15) is 0 Å². The van der Waals surface area contributed by atoms with E-state index in [0.29, 0.717) is 18.7 Å². The molecule has 0 unspecified atom stereocenters. The number of carboxylic acid groups (broad SMARTS) is 1. The maximum Gasteiger partial charge on any atom is 0.328 e. The van der Waals surface area contributed by atoms with Gasteiger partial charge in [0, 0.05) is 19.2 Å². The van der Waals surface area contributed by atoms with Crippen molar-refractivity contribution in [1.82, 2.24) is 4.90 Å². The van der Waals surface area contributed by atoms with Gasteiger partial charge in [-0.1, -0.05) is 19.4 Å². The predicted octanol–water partition coefficient (Wildman–Crippen LogP) is 2.52. The van der Waals surface area contributed by atoms with Crippen molar-refractivity contribution in [1.29, 1.82) is 0 Å². The molecule has 0 aromatic heterocycles. The van der Waals surface area contributed by atoms with E-state index in [2.05, 4.69) is 11.8 Å². The molecule has 0 bridgehead atoms. The first-order chi connectivity index (χ1) is 10.1. The van der Waals surface area contributed by atoms with E-state index < -0.39 is 11.8 Å². The van der Waals surface area contributed by atoms with Crippen LogP contribution in [0.25, 0.3) is 6.08 Å². The van der Waals surface area contributed by atoms with Crippen LogP contribution in [0.5, 0.6) is 0 Å². The minimum atomic E-state index is -1.07. The topological polar surface area (TPSA) is 60.8 Å². The number of aliphatic carboxylic acids is 1. The fraction of sp³-hybridized carbons (Fsp3) is 0.438. The van der Waals surface area contributed by atoms with E-state index in [-0.39, 0.29) is 6.61 Å². The third kappa shape index (κ3) is 6.51. The maximum absolute atomic E-state index is 13.3. The Labute approximate surface area is 124 Å². The molecule has 0 amide bonds. The van der Waals surface area contributed by atoms with Crippen LogP contribution in [-0.4, -0.2) is 40.8 Å². The molecule has 5 heteroatoms. The van der Waals surface area contributed by atoms with Crippen molar-refractivity contribution in [2.24, 2.45) is 0 Å². The van der Waals surface area contributed by atoms with Gasteiger partial charge in [-0.3, -0.25) is 4.90 Å². The molecule has 21 heavy (non-hydrogen) atoms. The van der Waals surface area contributed by atoms with Crippen LogP contribution >= 0.6 is 0 Å². The number of unbranched alkanes of at least 4 members (excludes halogenated alkanes) is 1. The van der Waals surface area contributed by atoms with Gasteiger partial charge in [0.05, 0.1) is 6.61 Å². The van der Waals surface area contributed by atoms with Gasteiger partial charge in [-0.15, -0.1) is 0 Å². The smallest absolute Gasteiger partial charge is 0.328 e. The van der Waals surface area contributed by atoms with Crippen molar-refractivity contribution in [2.45, 2.75) is 26.3 Å². The van der Waals surface area contributed by atoms with Crippen LogP contribution in [0, 0.1) is 5.82 Å². The minimum absolute atomic E-state index is 0.0607. The molecule has 1 aromatic carbocycles. The molecule has 2 N–H and O–H groups in total. The number of rotatable bonds is 9. The average molecular weight is 295 g/mol. The number of aliphatic hydroxyl groups is 1. The van der Waals surface area contributed by atoms with Gasteiger partial charge in [0.2, 0.25) is 0 Å². The third-order valence-electron chi connectivity index (χ3n) is 3.15. The summed E-state index contributed by atoms with van der Waals surface area (Å²) >= 11 is 0. The van der Waals surface area contributed by atoms with Crippen molar-refractivity contribution in [3.8, 4) is 0 Å². The molecule has 1 aromatic rings. The first-order valence-corrected chi connectivity index (χ1v) is 7.09. The van der Waals surface area contributed by atoms with E-state index in [0.717, 1.165) is 31.0 Å². The number of carbonyl (C=O) groups is 1. The van der Waals surface area contributed by atoms with Crippen LogP contribution in [0.3, 0.4) is 0 Å². The second kappa shape index (κ2) is 9.26. The molecule has 0 fully saturated rings. The van der Waals surface area contributed by atoms with Gasteiger partial charge >= 0.3 is 5.97 Å². The molecular formula is C16H22FNO3. The SMILES string of the molecule is CCCCN(CCO)Cc1ccc(F)cc1C=CC(=O)O. The lowest BCUT2D eigenvalue weighted by molar-refractivity contribution is -0.131. The summed E-state index contributed by atoms with van der Waals surface area (Å²) < 4.78 is 13.3. The summed E-state index contributed by atoms with van der Waals surface area (Å²) in [7, 11) is 0. The Morgan fingerprint density at radius 1 is 1.38 bits per heavy atom. The summed E-state index contributed by atoms with van der Waals surface area (Å²) in [4.78, 5) is 12.7. The number of benzene rings is 1. The second-order valence-corrected chi connectivity index (χ2v) is 4.87. The fourth-order valence-electron chi connectivity index (χ4n) is 2.06. The highest BCUT2D eigenvalue weighted by Gasteiger charge is 2.09. The quantitative estimate of drug-likeness (QED) is 0.687. The molecule has 0 heterocycles. The maximum atomic E-state index is 13.3. The highest BCUT2D eigenvalue weighted by Crippen LogP contribution is 2.16. The fourth-order valence-corrected chi connectivity index (χ4v) is 2.06. The van der Waals surface area contributed by atoms with Crippen LogP contribution in [0.1, 0.15) is 30.9 Å². The zero-order chi connectivity index (χ0) is 15.7. The van der Waals surface area contributed by atoms with Crippen molar-refractivity contribution >= 4 is 12.0 Å². The van der Waals surface area contributed by atoms with Gasteiger partial charge in [0.15, 0.2) is 0 Å². The largest absolute Gasteiger partial charge is 0.478 e. The van der Waals surface area contributed by atoms with E-state index in [1.807, 2.05) is 0 Å². The summed E-state index contributed by atoms with van der Waals surface area (Å²) in [6, 6.07) is 4.35. The third-order valence-corrected chi connectivity index (χ3v) is 3.15. The molecular weight excluding hydrogens is 273 g/mol. The van der Waals surface area contributed by atoms with Crippen LogP contribution < -0.4 is 0 Å². The lowest BCUT2D eigenvalue weighted by atomic mass is 10.1. The molecule has 1 rings (SSSR count). The highest BCUT2D eigenvalue weighted by atomic mass is 19.1. The molecule has 116 valence electrons. The summed E-state index contributed by atoms with van der Waals surface area (Å²) in [5.41, 5.74) is 1.40. The molecule has 0 atom stereocenters. The van der Waals surface area contributed by atoms with Crippen molar-refractivity contribution in [3.05, 3.63) is 41.2 Å². The number of carboxylic acids is 1. The van der Waals surface area contributed by atoms with Crippen molar-refractivity contribution < 1.29 is 19.4 Å². The van der Waals surface area contributed by atoms with E-state index >= 15 is 0 Å². The number of hydrogen-bond donors (Lipinski definition) is 2. The van der Waals surface area contributed by atoms with E-state index in [9.17, 15) is 9.18 Å². The normalized spacial score (nSPS) is 11.4. The van der Waals surface area contributed by atoms with Gasteiger partial charge in [-0.05, 0) is 42.3 Å². The van der Waals surface area contributed by atoms with Crippen molar-refractivity contribution in [3.63, 3.8) is 0 Å². The van der Waals surface area contributed by atoms with E-state index in [1.165, 1.54) is 18.2 Å². The Morgan fingerprint density at radius 3 is 2.76 bits per heavy atom. The molecule has 4 nitrogen and oxygen atoms in total. The number of aliphatic hydroxyl groups excluding tert-OH is 1. The van der Waals surface area contributed by atoms with Crippen LogP contribution in [-0.2, 0) is 11.3 Å². The monoisotopic (exact) mass is 295 g/mol. The number of nitrogens with zero attached hydrogens (tertiary/aromatic N) is 1. The van der Waals surface area contributed by atoms with Crippen molar-refractivity contribution in [2.75, 3.05) is 19.7 Å². The lowest BCUT2D eigenvalue weighted by Gasteiger charge is -2.22. The average Bonchev–Trinajstić information content (AvgIpc) is 2.45. The highest BCUT2D eigenvalue weighted by molar-refractivity contribution is 5.85. The number of halogens is 1. The summed E-state index contributed by atoms with van der Waals surface area (Å²) in [5.74, 6) is -1.46. The number of hydrogen-bond acceptors (Lipinski definition) is 3. The van der Waals surface area contributed by atoms with Gasteiger partial charge in [-0.25, -0.2) is 9.18 Å². The van der Waals surface area contributed by atoms with E-state index in [4.69, 9.17) is 10.2 Å². The predicted molar refractivity (Wildman–Crippen MR) is 80.3 cm³/mol. The van der Waals surface area contributed by atoms with Gasteiger partial charge < -0.3 is 10.2 Å². The Hall–Kier alpha value is -1.72. The molecule has 0 aliphatic carbocycles. The minimum Gasteiger partial charge on any atom is -0.478 e. The summed E-state index contributed by atoms with van der Waals surface area (Å²) in [6.45, 7) is 4.09. The van der Waals surface area contributed by atoms with Crippen LogP contribution in [0.4, 0.5) is 4.39 Å². The first kappa shape index (κ1) is 17.3. The van der Waals surface area contributed by atoms with Crippen LogP contribution in [0.15, 0.2) is 24.3 Å². The Morgan fingerprint density at radius 2 is 2.14 bits per heavy atom. The Bertz CT molecular complexity index is 488. The zero-order valence-corrected chi connectivity index (χ0v) is 12.3. The summed E-state index contributed by atoms with van der Waals surface area (Å²) in [5, 5.41) is 17.8. The molecule has 0 aliphatic rings. The van der Waals surface area contributed by atoms with E-state index in [1.54, 1.807) is 6.07 Å². The van der Waals surface area contributed by atoms with Gasteiger partial charge in [0.25, 0.3) is 0 Å². The summed E-state index contributed by atoms with van der Waals surface area (Å²) in [6.07, 6.45) is 4.47. The molecule has 0 saturated heterocycles. The zero-order valence-electron chi connectivity index (χ0n) is 12.3. The molecule has 0 aliphatic heterocycles. The Balaban J connectivity index is 2.90. The molecule has 0 saturated carbocycles. The first-order valence-electron chi connectivity index (χ1n) is 7.09. The van der Waals surface area contributed by atoms with Gasteiger partial charge in [0.1, 0.15) is 5.82 Å². The molecule has 0 radical (unpaired) electrons. The standard InChI is InChI=1S/C16H22FNO3/c1-2-3-8-18(9-10-19)12-14-4-6-15(17)11-13(14)5-7-16(20)21/h4-7,11,19H,2-3,8-10,12H2,1H3,(H,20,21). The molecule has 0 spiro atoms. The lowest BCUT2D eigenvalue weighted by Crippen LogP contribution is -2.27. The van der Waals surface area contributed by atoms with Crippen LogP contribution in [0.2, 0.25) is 0 Å². The second-order valence-electron chi connectivity index (χ2n) is 4.87.